The summed E-state index contributed by atoms with van der Waals surface area (Å²) in [6.07, 6.45) is 9.37. The molecule has 2 heteroatoms. The number of anilines is 1. The summed E-state index contributed by atoms with van der Waals surface area (Å²) < 4.78 is 0. The largest absolute Gasteiger partial charge is 0.378 e. The van der Waals surface area contributed by atoms with E-state index in [4.69, 9.17) is 0 Å². The maximum absolute atomic E-state index is 11.6. The van der Waals surface area contributed by atoms with Crippen LogP contribution in [-0.2, 0) is 5.41 Å². The summed E-state index contributed by atoms with van der Waals surface area (Å²) in [4.78, 5) is 13.7. The average Bonchev–Trinajstić information content (AvgIpc) is 2.45. The molecule has 4 aliphatic rings. The Balaban J connectivity index is 1.81. The van der Waals surface area contributed by atoms with Crippen molar-refractivity contribution in [3.8, 4) is 0 Å². The van der Waals surface area contributed by atoms with Crippen molar-refractivity contribution < 1.29 is 4.79 Å². The molecule has 5 rings (SSSR count). The van der Waals surface area contributed by atoms with E-state index in [2.05, 4.69) is 31.1 Å². The number of aldehydes is 1. The van der Waals surface area contributed by atoms with Gasteiger partial charge in [0.05, 0.1) is 0 Å². The van der Waals surface area contributed by atoms with Crippen molar-refractivity contribution in [2.24, 2.45) is 17.8 Å². The number of hydrogen-bond donors (Lipinski definition) is 0. The monoisotopic (exact) mass is 283 g/mol. The lowest BCUT2D eigenvalue weighted by Crippen LogP contribution is -2.49. The van der Waals surface area contributed by atoms with Crippen LogP contribution in [0.5, 0.6) is 0 Å². The van der Waals surface area contributed by atoms with Gasteiger partial charge >= 0.3 is 0 Å². The van der Waals surface area contributed by atoms with E-state index in [1.807, 2.05) is 6.07 Å². The maximum atomic E-state index is 11.6. The van der Waals surface area contributed by atoms with Crippen LogP contribution in [0.2, 0.25) is 0 Å². The van der Waals surface area contributed by atoms with Gasteiger partial charge in [0.2, 0.25) is 0 Å². The van der Waals surface area contributed by atoms with Crippen molar-refractivity contribution >= 4 is 12.0 Å². The number of rotatable bonds is 3. The Bertz CT molecular complexity index is 540. The highest BCUT2D eigenvalue weighted by atomic mass is 16.1. The molecule has 0 radical (unpaired) electrons. The topological polar surface area (TPSA) is 20.3 Å². The summed E-state index contributed by atoms with van der Waals surface area (Å²) >= 11 is 0. The highest BCUT2D eigenvalue weighted by molar-refractivity contribution is 5.79. The first kappa shape index (κ1) is 13.4. The van der Waals surface area contributed by atoms with E-state index in [0.717, 1.165) is 29.6 Å². The van der Waals surface area contributed by atoms with Gasteiger partial charge < -0.3 is 4.90 Å². The summed E-state index contributed by atoms with van der Waals surface area (Å²) in [7, 11) is 4.17. The number of carbonyl (C=O) groups is 1. The van der Waals surface area contributed by atoms with E-state index < -0.39 is 0 Å². The average molecular weight is 283 g/mol. The molecule has 4 aliphatic carbocycles. The third-order valence-electron chi connectivity index (χ3n) is 6.29. The normalized spacial score (nSPS) is 36.8. The highest BCUT2D eigenvalue weighted by Gasteiger charge is 2.52. The molecule has 0 amide bonds. The molecule has 0 N–H and O–H groups in total. The van der Waals surface area contributed by atoms with Crippen LogP contribution in [0.1, 0.15) is 54.4 Å². The zero-order chi connectivity index (χ0) is 14.6. The van der Waals surface area contributed by atoms with Gasteiger partial charge in [-0.05, 0) is 85.5 Å². The summed E-state index contributed by atoms with van der Waals surface area (Å²) in [5, 5.41) is 0. The summed E-state index contributed by atoms with van der Waals surface area (Å²) in [6.45, 7) is 0. The van der Waals surface area contributed by atoms with Crippen LogP contribution in [0.4, 0.5) is 5.69 Å². The van der Waals surface area contributed by atoms with Crippen molar-refractivity contribution in [3.05, 3.63) is 29.3 Å². The zero-order valence-corrected chi connectivity index (χ0v) is 13.1. The molecule has 21 heavy (non-hydrogen) atoms. The molecule has 4 saturated carbocycles. The number of nitrogens with zero attached hydrogens (tertiary/aromatic N) is 1. The Labute approximate surface area is 127 Å². The van der Waals surface area contributed by atoms with E-state index >= 15 is 0 Å². The first-order valence-corrected chi connectivity index (χ1v) is 8.37. The molecule has 0 heterocycles. The molecule has 0 aromatic heterocycles. The van der Waals surface area contributed by atoms with Crippen LogP contribution >= 0.6 is 0 Å². The van der Waals surface area contributed by atoms with Crippen LogP contribution in [-0.4, -0.2) is 20.4 Å². The van der Waals surface area contributed by atoms with Crippen LogP contribution in [0.3, 0.4) is 0 Å². The molecule has 112 valence electrons. The first-order chi connectivity index (χ1) is 10.1. The van der Waals surface area contributed by atoms with Crippen molar-refractivity contribution in [2.45, 2.75) is 43.9 Å². The smallest absolute Gasteiger partial charge is 0.150 e. The van der Waals surface area contributed by atoms with E-state index in [1.54, 1.807) is 0 Å². The Hall–Kier alpha value is -1.31. The summed E-state index contributed by atoms with van der Waals surface area (Å²) in [6, 6.07) is 6.42. The molecule has 0 unspecified atom stereocenters. The standard InChI is InChI=1S/C19H25NO/c1-20(2)17-4-3-16(12-21)18(8-17)19-9-13-5-14(10-19)7-15(6-13)11-19/h3-4,8,12-15H,5-7,9-11H2,1-2H3. The third-order valence-corrected chi connectivity index (χ3v) is 6.29. The lowest BCUT2D eigenvalue weighted by atomic mass is 9.47. The highest BCUT2D eigenvalue weighted by Crippen LogP contribution is 2.61. The number of hydrogen-bond acceptors (Lipinski definition) is 2. The van der Waals surface area contributed by atoms with Gasteiger partial charge in [-0.3, -0.25) is 4.79 Å². The third kappa shape index (κ3) is 2.03. The lowest BCUT2D eigenvalue weighted by molar-refractivity contribution is -0.00541. The molecular formula is C19H25NO. The fourth-order valence-corrected chi connectivity index (χ4v) is 5.83. The van der Waals surface area contributed by atoms with E-state index in [9.17, 15) is 4.79 Å². The van der Waals surface area contributed by atoms with Gasteiger partial charge in [-0.25, -0.2) is 0 Å². The molecule has 4 fully saturated rings. The predicted molar refractivity (Wildman–Crippen MR) is 86.0 cm³/mol. The van der Waals surface area contributed by atoms with Gasteiger partial charge in [0, 0.05) is 25.3 Å². The SMILES string of the molecule is CN(C)c1ccc(C=O)c(C23CC4CC(CC(C4)C2)C3)c1. The zero-order valence-electron chi connectivity index (χ0n) is 13.1. The number of carbonyl (C=O) groups excluding carboxylic acids is 1. The van der Waals surface area contributed by atoms with Crippen molar-refractivity contribution in [3.63, 3.8) is 0 Å². The van der Waals surface area contributed by atoms with Crippen molar-refractivity contribution in [2.75, 3.05) is 19.0 Å². The van der Waals surface area contributed by atoms with Gasteiger partial charge in [-0.2, -0.15) is 0 Å². The molecule has 0 saturated heterocycles. The molecular weight excluding hydrogens is 258 g/mol. The summed E-state index contributed by atoms with van der Waals surface area (Å²) in [5.41, 5.74) is 3.81. The minimum Gasteiger partial charge on any atom is -0.378 e. The van der Waals surface area contributed by atoms with Crippen LogP contribution in [0.25, 0.3) is 0 Å². The second-order valence-electron chi connectivity index (χ2n) is 7.98. The maximum Gasteiger partial charge on any atom is 0.150 e. The van der Waals surface area contributed by atoms with Crippen LogP contribution < -0.4 is 4.90 Å². The molecule has 0 atom stereocenters. The fraction of sp³-hybridized carbons (Fsp3) is 0.632. The molecule has 0 spiro atoms. The van der Waals surface area contributed by atoms with Crippen LogP contribution in [0, 0.1) is 17.8 Å². The number of benzene rings is 1. The Morgan fingerprint density at radius 2 is 1.62 bits per heavy atom. The quantitative estimate of drug-likeness (QED) is 0.781. The first-order valence-electron chi connectivity index (χ1n) is 8.37. The van der Waals surface area contributed by atoms with Gasteiger partial charge in [0.1, 0.15) is 6.29 Å². The second kappa shape index (κ2) is 4.59. The van der Waals surface area contributed by atoms with E-state index in [1.165, 1.54) is 49.8 Å². The van der Waals surface area contributed by atoms with Gasteiger partial charge in [-0.1, -0.05) is 0 Å². The van der Waals surface area contributed by atoms with Gasteiger partial charge in [0.15, 0.2) is 0 Å². The van der Waals surface area contributed by atoms with Gasteiger partial charge in [-0.15, -0.1) is 0 Å². The van der Waals surface area contributed by atoms with Gasteiger partial charge in [0.25, 0.3) is 0 Å². The van der Waals surface area contributed by atoms with Crippen molar-refractivity contribution in [1.29, 1.82) is 0 Å². The fourth-order valence-electron chi connectivity index (χ4n) is 5.83. The van der Waals surface area contributed by atoms with Crippen molar-refractivity contribution in [1.82, 2.24) is 0 Å². The Kier molecular flexibility index (Phi) is 2.92. The van der Waals surface area contributed by atoms with E-state index in [-0.39, 0.29) is 0 Å². The second-order valence-corrected chi connectivity index (χ2v) is 7.98. The lowest BCUT2D eigenvalue weighted by Gasteiger charge is -2.57. The molecule has 2 nitrogen and oxygen atoms in total. The van der Waals surface area contributed by atoms with Crippen LogP contribution in [0.15, 0.2) is 18.2 Å². The summed E-state index contributed by atoms with van der Waals surface area (Å²) in [5.74, 6) is 2.75. The predicted octanol–water partition coefficient (Wildman–Crippen LogP) is 4.03. The molecule has 0 aliphatic heterocycles. The molecule has 1 aromatic carbocycles. The minimum absolute atomic E-state index is 0.303. The molecule has 1 aromatic rings. The Morgan fingerprint density at radius 1 is 1.05 bits per heavy atom. The molecule has 4 bridgehead atoms. The van der Waals surface area contributed by atoms with E-state index in [0.29, 0.717) is 5.41 Å². The Morgan fingerprint density at radius 3 is 2.10 bits per heavy atom. The minimum atomic E-state index is 0.303.